The largest absolute Gasteiger partial charge is 0.351 e. The molecule has 0 aromatic rings. The highest BCUT2D eigenvalue weighted by Gasteiger charge is 2.38. The van der Waals surface area contributed by atoms with E-state index in [9.17, 15) is 9.59 Å². The molecule has 0 aromatic heterocycles. The Labute approximate surface area is 139 Å². The Hall–Kier alpha value is -1.40. The van der Waals surface area contributed by atoms with Crippen LogP contribution in [-0.4, -0.2) is 84.4 Å². The third-order valence-electron chi connectivity index (χ3n) is 5.18. The van der Waals surface area contributed by atoms with Crippen LogP contribution in [-0.2, 0) is 9.59 Å². The molecule has 0 spiro atoms. The summed E-state index contributed by atoms with van der Waals surface area (Å²) in [4.78, 5) is 30.2. The minimum absolute atomic E-state index is 0.0687. The van der Waals surface area contributed by atoms with Crippen molar-refractivity contribution >= 4 is 11.8 Å². The van der Waals surface area contributed by atoms with E-state index in [1.165, 1.54) is 0 Å². The molecular weight excluding hydrogens is 292 g/mol. The van der Waals surface area contributed by atoms with Gasteiger partial charge in [-0.3, -0.25) is 19.4 Å². The van der Waals surface area contributed by atoms with Crippen molar-refractivity contribution in [3.8, 4) is 0 Å². The van der Waals surface area contributed by atoms with Crippen LogP contribution in [0.2, 0.25) is 0 Å². The molecule has 2 rings (SSSR count). The van der Waals surface area contributed by atoms with Gasteiger partial charge in [-0.05, 0) is 12.8 Å². The van der Waals surface area contributed by atoms with Gasteiger partial charge in [0.15, 0.2) is 0 Å². The molecule has 0 aliphatic carbocycles. The monoisotopic (exact) mass is 322 g/mol. The van der Waals surface area contributed by atoms with E-state index >= 15 is 0 Å². The van der Waals surface area contributed by atoms with E-state index in [0.717, 1.165) is 39.3 Å². The molecule has 3 atom stereocenters. The van der Waals surface area contributed by atoms with Crippen LogP contribution in [0.3, 0.4) is 0 Å². The summed E-state index contributed by atoms with van der Waals surface area (Å²) in [6, 6.07) is 0.361. The summed E-state index contributed by atoms with van der Waals surface area (Å²) in [7, 11) is 0. The molecule has 130 valence electrons. The first kappa shape index (κ1) is 17.9. The van der Waals surface area contributed by atoms with Gasteiger partial charge in [0.25, 0.3) is 0 Å². The Bertz CT molecular complexity index is 446. The molecule has 2 fully saturated rings. The fraction of sp³-hybridized carbons (Fsp3) is 0.765. The van der Waals surface area contributed by atoms with Gasteiger partial charge in [-0.15, -0.1) is 6.58 Å². The second-order valence-electron chi connectivity index (χ2n) is 6.75. The van der Waals surface area contributed by atoms with Crippen LogP contribution in [0.1, 0.15) is 20.8 Å². The number of amides is 2. The zero-order valence-corrected chi connectivity index (χ0v) is 14.6. The minimum Gasteiger partial charge on any atom is -0.351 e. The zero-order chi connectivity index (χ0) is 17.0. The van der Waals surface area contributed by atoms with Crippen molar-refractivity contribution in [3.63, 3.8) is 0 Å². The molecule has 2 heterocycles. The number of piperazine rings is 1. The maximum absolute atomic E-state index is 12.1. The van der Waals surface area contributed by atoms with E-state index in [4.69, 9.17) is 0 Å². The average molecular weight is 322 g/mol. The molecule has 1 N–H and O–H groups in total. The molecular formula is C17H30N4O2. The van der Waals surface area contributed by atoms with Crippen molar-refractivity contribution < 1.29 is 9.59 Å². The molecule has 2 amide bonds. The SMILES string of the molecule is C=CCNC(=O)[C@H](C)N1C[C@@H](C)[C@@H](N2CCN(C(C)=O)CC2)C1. The summed E-state index contributed by atoms with van der Waals surface area (Å²) >= 11 is 0. The van der Waals surface area contributed by atoms with Crippen LogP contribution < -0.4 is 5.32 Å². The van der Waals surface area contributed by atoms with E-state index in [-0.39, 0.29) is 17.9 Å². The number of rotatable bonds is 5. The Kier molecular flexibility index (Phi) is 6.18. The van der Waals surface area contributed by atoms with E-state index in [1.54, 1.807) is 13.0 Å². The van der Waals surface area contributed by atoms with Crippen LogP contribution in [0.25, 0.3) is 0 Å². The van der Waals surface area contributed by atoms with Gasteiger partial charge in [-0.25, -0.2) is 0 Å². The Morgan fingerprint density at radius 1 is 1.26 bits per heavy atom. The van der Waals surface area contributed by atoms with Crippen molar-refractivity contribution in [3.05, 3.63) is 12.7 Å². The van der Waals surface area contributed by atoms with Gasteiger partial charge in [0.1, 0.15) is 0 Å². The molecule has 0 unspecified atom stereocenters. The topological polar surface area (TPSA) is 55.9 Å². The molecule has 0 saturated carbocycles. The third-order valence-corrected chi connectivity index (χ3v) is 5.18. The number of carbonyl (C=O) groups excluding carboxylic acids is 2. The zero-order valence-electron chi connectivity index (χ0n) is 14.6. The number of likely N-dealkylation sites (tertiary alicyclic amines) is 1. The summed E-state index contributed by atoms with van der Waals surface area (Å²) < 4.78 is 0. The van der Waals surface area contributed by atoms with Gasteiger partial charge in [0.05, 0.1) is 6.04 Å². The Morgan fingerprint density at radius 2 is 1.91 bits per heavy atom. The summed E-state index contributed by atoms with van der Waals surface area (Å²) in [5, 5.41) is 2.88. The quantitative estimate of drug-likeness (QED) is 0.733. The minimum atomic E-state index is -0.110. The van der Waals surface area contributed by atoms with Gasteiger partial charge in [-0.1, -0.05) is 13.0 Å². The van der Waals surface area contributed by atoms with Crippen molar-refractivity contribution in [1.82, 2.24) is 20.0 Å². The number of hydrogen-bond acceptors (Lipinski definition) is 4. The van der Waals surface area contributed by atoms with Crippen molar-refractivity contribution in [2.45, 2.75) is 32.9 Å². The molecule has 0 bridgehead atoms. The molecule has 2 aliphatic heterocycles. The van der Waals surface area contributed by atoms with Crippen LogP contribution in [0.15, 0.2) is 12.7 Å². The Morgan fingerprint density at radius 3 is 2.48 bits per heavy atom. The maximum Gasteiger partial charge on any atom is 0.237 e. The highest BCUT2D eigenvalue weighted by atomic mass is 16.2. The lowest BCUT2D eigenvalue weighted by Gasteiger charge is -2.39. The first-order valence-corrected chi connectivity index (χ1v) is 8.56. The summed E-state index contributed by atoms with van der Waals surface area (Å²) in [5.74, 6) is 0.769. The van der Waals surface area contributed by atoms with Gasteiger partial charge >= 0.3 is 0 Å². The molecule has 2 aliphatic rings. The van der Waals surface area contributed by atoms with Gasteiger partial charge in [0, 0.05) is 58.8 Å². The Balaban J connectivity index is 1.87. The van der Waals surface area contributed by atoms with Crippen LogP contribution >= 0.6 is 0 Å². The van der Waals surface area contributed by atoms with Gasteiger partial charge < -0.3 is 10.2 Å². The number of nitrogens with zero attached hydrogens (tertiary/aromatic N) is 3. The van der Waals surface area contributed by atoms with E-state index in [1.807, 2.05) is 11.8 Å². The van der Waals surface area contributed by atoms with Crippen molar-refractivity contribution in [2.24, 2.45) is 5.92 Å². The molecule has 0 aromatic carbocycles. The predicted octanol–water partition coefficient (Wildman–Crippen LogP) is 0.162. The maximum atomic E-state index is 12.1. The molecule has 2 saturated heterocycles. The highest BCUT2D eigenvalue weighted by Crippen LogP contribution is 2.24. The summed E-state index contributed by atoms with van der Waals surface area (Å²) in [5.41, 5.74) is 0. The van der Waals surface area contributed by atoms with E-state index < -0.39 is 0 Å². The second kappa shape index (κ2) is 7.93. The smallest absolute Gasteiger partial charge is 0.237 e. The lowest BCUT2D eigenvalue weighted by Crippen LogP contribution is -2.53. The van der Waals surface area contributed by atoms with Gasteiger partial charge in [-0.2, -0.15) is 0 Å². The van der Waals surface area contributed by atoms with Crippen LogP contribution in [0.5, 0.6) is 0 Å². The first-order chi connectivity index (χ1) is 10.9. The summed E-state index contributed by atoms with van der Waals surface area (Å²) in [6.45, 7) is 15.4. The predicted molar refractivity (Wildman–Crippen MR) is 91.0 cm³/mol. The summed E-state index contributed by atoms with van der Waals surface area (Å²) in [6.07, 6.45) is 1.70. The van der Waals surface area contributed by atoms with Crippen LogP contribution in [0, 0.1) is 5.92 Å². The standard InChI is InChI=1S/C17H30N4O2/c1-5-6-18-17(23)14(3)21-11-13(2)16(12-21)20-9-7-19(8-10-20)15(4)22/h5,13-14,16H,1,6-12H2,2-4H3,(H,18,23)/t13-,14+,16+/m1/s1. The lowest BCUT2D eigenvalue weighted by molar-refractivity contribution is -0.131. The van der Waals surface area contributed by atoms with Crippen molar-refractivity contribution in [2.75, 3.05) is 45.8 Å². The molecule has 23 heavy (non-hydrogen) atoms. The molecule has 6 heteroatoms. The highest BCUT2D eigenvalue weighted by molar-refractivity contribution is 5.81. The second-order valence-corrected chi connectivity index (χ2v) is 6.75. The number of nitrogens with one attached hydrogen (secondary N) is 1. The first-order valence-electron chi connectivity index (χ1n) is 8.56. The molecule has 6 nitrogen and oxygen atoms in total. The number of carbonyl (C=O) groups is 2. The average Bonchev–Trinajstić information content (AvgIpc) is 2.93. The van der Waals surface area contributed by atoms with E-state index in [0.29, 0.717) is 18.5 Å². The van der Waals surface area contributed by atoms with E-state index in [2.05, 4.69) is 28.6 Å². The normalized spacial score (nSPS) is 27.7. The molecule has 0 radical (unpaired) electrons. The fourth-order valence-electron chi connectivity index (χ4n) is 3.63. The van der Waals surface area contributed by atoms with Crippen molar-refractivity contribution in [1.29, 1.82) is 0 Å². The lowest BCUT2D eigenvalue weighted by atomic mass is 10.0. The van der Waals surface area contributed by atoms with Gasteiger partial charge in [0.2, 0.25) is 11.8 Å². The number of hydrogen-bond donors (Lipinski definition) is 1. The fourth-order valence-corrected chi connectivity index (χ4v) is 3.63. The van der Waals surface area contributed by atoms with Crippen LogP contribution in [0.4, 0.5) is 0 Å². The third kappa shape index (κ3) is 4.32.